The second-order valence-corrected chi connectivity index (χ2v) is 6.90. The van der Waals surface area contributed by atoms with Gasteiger partial charge in [-0.3, -0.25) is 4.79 Å². The standard InChI is InChI=1S/C18H19Cl2N5O/c1-12(9-24-8-7-21-11-24)22-18(26)16-13(2)23-25(17(16)20)10-14-5-3-4-6-15(14)19/h3-8,11-12H,9-10H2,1-2H3,(H,22,26). The van der Waals surface area contributed by atoms with Gasteiger partial charge in [-0.2, -0.15) is 5.10 Å². The lowest BCUT2D eigenvalue weighted by Gasteiger charge is -2.14. The third kappa shape index (κ3) is 4.08. The molecule has 0 spiro atoms. The number of carbonyl (C=O) groups excluding carboxylic acids is 1. The van der Waals surface area contributed by atoms with E-state index in [4.69, 9.17) is 23.2 Å². The number of hydrogen-bond donors (Lipinski definition) is 1. The Morgan fingerprint density at radius 1 is 1.31 bits per heavy atom. The highest BCUT2D eigenvalue weighted by molar-refractivity contribution is 6.33. The summed E-state index contributed by atoms with van der Waals surface area (Å²) in [6, 6.07) is 7.40. The molecule has 1 unspecified atom stereocenters. The van der Waals surface area contributed by atoms with Gasteiger partial charge >= 0.3 is 0 Å². The molecule has 3 aromatic rings. The highest BCUT2D eigenvalue weighted by Gasteiger charge is 2.22. The summed E-state index contributed by atoms with van der Waals surface area (Å²) in [4.78, 5) is 16.7. The van der Waals surface area contributed by atoms with Crippen LogP contribution in [-0.4, -0.2) is 31.3 Å². The summed E-state index contributed by atoms with van der Waals surface area (Å²) >= 11 is 12.6. The van der Waals surface area contributed by atoms with Gasteiger partial charge in [0.25, 0.3) is 5.91 Å². The van der Waals surface area contributed by atoms with Crippen LogP contribution in [0.4, 0.5) is 0 Å². The van der Waals surface area contributed by atoms with Crippen molar-refractivity contribution in [2.75, 3.05) is 0 Å². The Bertz CT molecular complexity index is 904. The number of carbonyl (C=O) groups is 1. The van der Waals surface area contributed by atoms with Crippen LogP contribution >= 0.6 is 23.2 Å². The van der Waals surface area contributed by atoms with Crippen molar-refractivity contribution in [1.82, 2.24) is 24.6 Å². The largest absolute Gasteiger partial charge is 0.348 e. The summed E-state index contributed by atoms with van der Waals surface area (Å²) in [6.07, 6.45) is 5.26. The molecule has 8 heteroatoms. The minimum absolute atomic E-state index is 0.0842. The van der Waals surface area contributed by atoms with Gasteiger partial charge in [-0.1, -0.05) is 41.4 Å². The molecular weight excluding hydrogens is 373 g/mol. The fraction of sp³-hybridized carbons (Fsp3) is 0.278. The zero-order chi connectivity index (χ0) is 18.7. The average Bonchev–Trinajstić information content (AvgIpc) is 3.18. The van der Waals surface area contributed by atoms with Gasteiger partial charge < -0.3 is 9.88 Å². The molecule has 6 nitrogen and oxygen atoms in total. The van der Waals surface area contributed by atoms with Crippen LogP contribution in [0, 0.1) is 6.92 Å². The predicted molar refractivity (Wildman–Crippen MR) is 102 cm³/mol. The zero-order valence-electron chi connectivity index (χ0n) is 14.5. The van der Waals surface area contributed by atoms with Crippen molar-refractivity contribution in [3.05, 3.63) is 70.0 Å². The van der Waals surface area contributed by atoms with Crippen molar-refractivity contribution < 1.29 is 4.79 Å². The van der Waals surface area contributed by atoms with Crippen LogP contribution in [0.1, 0.15) is 28.5 Å². The van der Waals surface area contributed by atoms with Crippen LogP contribution in [0.3, 0.4) is 0 Å². The molecule has 0 fully saturated rings. The van der Waals surface area contributed by atoms with Crippen LogP contribution in [0.25, 0.3) is 0 Å². The summed E-state index contributed by atoms with van der Waals surface area (Å²) in [7, 11) is 0. The Morgan fingerprint density at radius 2 is 2.08 bits per heavy atom. The fourth-order valence-corrected chi connectivity index (χ4v) is 3.27. The molecule has 26 heavy (non-hydrogen) atoms. The number of rotatable bonds is 6. The number of hydrogen-bond acceptors (Lipinski definition) is 3. The highest BCUT2D eigenvalue weighted by atomic mass is 35.5. The minimum Gasteiger partial charge on any atom is -0.348 e. The Kier molecular flexibility index (Phi) is 5.64. The summed E-state index contributed by atoms with van der Waals surface area (Å²) in [5, 5.41) is 8.29. The maximum atomic E-state index is 12.7. The Hall–Kier alpha value is -2.31. The van der Waals surface area contributed by atoms with Gasteiger partial charge in [0.05, 0.1) is 24.1 Å². The maximum absolute atomic E-state index is 12.7. The van der Waals surface area contributed by atoms with Crippen LogP contribution in [0.5, 0.6) is 0 Å². The topological polar surface area (TPSA) is 64.7 Å². The van der Waals surface area contributed by atoms with E-state index in [9.17, 15) is 4.79 Å². The minimum atomic E-state index is -0.245. The molecule has 1 atom stereocenters. The summed E-state index contributed by atoms with van der Waals surface area (Å²) in [5.74, 6) is -0.245. The molecule has 0 aliphatic carbocycles. The molecule has 0 aliphatic heterocycles. The van der Waals surface area contributed by atoms with Crippen LogP contribution in [-0.2, 0) is 13.1 Å². The van der Waals surface area contributed by atoms with Crippen molar-refractivity contribution in [2.24, 2.45) is 0 Å². The van der Waals surface area contributed by atoms with Crippen LogP contribution < -0.4 is 5.32 Å². The molecule has 0 saturated heterocycles. The molecule has 136 valence electrons. The first kappa shape index (κ1) is 18.5. The maximum Gasteiger partial charge on any atom is 0.256 e. The zero-order valence-corrected chi connectivity index (χ0v) is 16.0. The molecule has 1 amide bonds. The number of imidazole rings is 1. The summed E-state index contributed by atoms with van der Waals surface area (Å²) in [6.45, 7) is 4.72. The smallest absolute Gasteiger partial charge is 0.256 e. The highest BCUT2D eigenvalue weighted by Crippen LogP contribution is 2.23. The summed E-state index contributed by atoms with van der Waals surface area (Å²) in [5.41, 5.74) is 1.85. The lowest BCUT2D eigenvalue weighted by Crippen LogP contribution is -2.35. The van der Waals surface area contributed by atoms with E-state index in [1.54, 1.807) is 24.1 Å². The third-order valence-electron chi connectivity index (χ3n) is 3.99. The van der Waals surface area contributed by atoms with Gasteiger partial charge in [-0.05, 0) is 25.5 Å². The number of nitrogens with one attached hydrogen (secondary N) is 1. The molecule has 3 rings (SSSR count). The fourth-order valence-electron chi connectivity index (χ4n) is 2.76. The first-order chi connectivity index (χ1) is 12.5. The predicted octanol–water partition coefficient (Wildman–Crippen LogP) is 3.56. The lowest BCUT2D eigenvalue weighted by molar-refractivity contribution is 0.0936. The normalized spacial score (nSPS) is 12.2. The van der Waals surface area contributed by atoms with E-state index in [1.165, 1.54) is 0 Å². The Balaban J connectivity index is 1.74. The molecule has 0 aliphatic rings. The van der Waals surface area contributed by atoms with E-state index in [0.717, 1.165) is 5.56 Å². The van der Waals surface area contributed by atoms with E-state index in [-0.39, 0.29) is 11.9 Å². The van der Waals surface area contributed by atoms with Gasteiger partial charge in [-0.25, -0.2) is 9.67 Å². The first-order valence-corrected chi connectivity index (χ1v) is 8.94. The van der Waals surface area contributed by atoms with E-state index < -0.39 is 0 Å². The molecule has 0 bridgehead atoms. The van der Waals surface area contributed by atoms with Crippen molar-refractivity contribution in [1.29, 1.82) is 0 Å². The Labute approximate surface area is 161 Å². The van der Waals surface area contributed by atoms with E-state index >= 15 is 0 Å². The molecule has 0 radical (unpaired) electrons. The second kappa shape index (κ2) is 7.93. The molecule has 1 aromatic carbocycles. The Morgan fingerprint density at radius 3 is 2.77 bits per heavy atom. The number of benzene rings is 1. The molecule has 2 heterocycles. The van der Waals surface area contributed by atoms with Gasteiger partial charge in [0, 0.05) is 30.0 Å². The van der Waals surface area contributed by atoms with Gasteiger partial charge in [0.2, 0.25) is 0 Å². The second-order valence-electron chi connectivity index (χ2n) is 6.13. The van der Waals surface area contributed by atoms with Crippen molar-refractivity contribution in [2.45, 2.75) is 33.0 Å². The molecular formula is C18H19Cl2N5O. The van der Waals surface area contributed by atoms with Crippen LogP contribution in [0.2, 0.25) is 10.2 Å². The monoisotopic (exact) mass is 391 g/mol. The van der Waals surface area contributed by atoms with Crippen molar-refractivity contribution >= 4 is 29.1 Å². The number of aromatic nitrogens is 4. The molecule has 0 saturated carbocycles. The number of amides is 1. The van der Waals surface area contributed by atoms with Crippen LogP contribution in [0.15, 0.2) is 43.0 Å². The number of nitrogens with zero attached hydrogens (tertiary/aromatic N) is 4. The molecule has 1 N–H and O–H groups in total. The van der Waals surface area contributed by atoms with Crippen molar-refractivity contribution in [3.63, 3.8) is 0 Å². The van der Waals surface area contributed by atoms with Gasteiger partial charge in [-0.15, -0.1) is 0 Å². The third-order valence-corrected chi connectivity index (χ3v) is 4.74. The van der Waals surface area contributed by atoms with Crippen molar-refractivity contribution in [3.8, 4) is 0 Å². The van der Waals surface area contributed by atoms with E-state index in [0.29, 0.717) is 34.5 Å². The first-order valence-electron chi connectivity index (χ1n) is 8.18. The van der Waals surface area contributed by atoms with Gasteiger partial charge in [0.15, 0.2) is 0 Å². The average molecular weight is 392 g/mol. The molecule has 2 aromatic heterocycles. The summed E-state index contributed by atoms with van der Waals surface area (Å²) < 4.78 is 3.49. The quantitative estimate of drug-likeness (QED) is 0.698. The number of halogens is 2. The van der Waals surface area contributed by atoms with E-state index in [1.807, 2.05) is 42.0 Å². The number of aryl methyl sites for hydroxylation is 1. The van der Waals surface area contributed by atoms with Gasteiger partial charge in [0.1, 0.15) is 5.15 Å². The lowest BCUT2D eigenvalue weighted by atomic mass is 10.2. The SMILES string of the molecule is Cc1nn(Cc2ccccc2Cl)c(Cl)c1C(=O)NC(C)Cn1ccnc1. The van der Waals surface area contributed by atoms with E-state index in [2.05, 4.69) is 15.4 Å².